The van der Waals surface area contributed by atoms with Crippen molar-refractivity contribution in [3.63, 3.8) is 0 Å². The number of aromatic nitrogens is 4. The average Bonchev–Trinajstić information content (AvgIpc) is 3.50. The Kier molecular flexibility index (Phi) is 5.68. The molecule has 11 nitrogen and oxygen atoms in total. The highest BCUT2D eigenvalue weighted by Gasteiger charge is 2.46. The first-order valence-corrected chi connectivity index (χ1v) is 12.6. The molecule has 0 aromatic carbocycles. The number of nitrogens with one attached hydrogen (secondary N) is 1. The minimum Gasteiger partial charge on any atom is -0.378 e. The number of morpholine rings is 1. The Labute approximate surface area is 205 Å². The summed E-state index contributed by atoms with van der Waals surface area (Å²) in [5.41, 5.74) is 8.51. The lowest BCUT2D eigenvalue weighted by Crippen LogP contribution is -2.53. The van der Waals surface area contributed by atoms with E-state index in [9.17, 15) is 4.79 Å². The molecule has 35 heavy (non-hydrogen) atoms. The van der Waals surface area contributed by atoms with Crippen LogP contribution in [0.2, 0.25) is 0 Å². The molecule has 6 rings (SSSR count). The second-order valence-electron chi connectivity index (χ2n) is 10.2. The molecule has 3 N–H and O–H groups in total. The normalized spacial score (nSPS) is 27.2. The predicted octanol–water partition coefficient (Wildman–Crippen LogP) is 0.458. The van der Waals surface area contributed by atoms with Gasteiger partial charge in [0.1, 0.15) is 5.82 Å². The molecule has 0 spiro atoms. The molecule has 0 aliphatic carbocycles. The number of hydrogen-bond donors (Lipinski definition) is 2. The van der Waals surface area contributed by atoms with Crippen molar-refractivity contribution in [3.8, 4) is 11.3 Å². The van der Waals surface area contributed by atoms with Gasteiger partial charge in [-0.25, -0.2) is 15.0 Å². The van der Waals surface area contributed by atoms with E-state index in [2.05, 4.69) is 36.9 Å². The summed E-state index contributed by atoms with van der Waals surface area (Å²) in [6.07, 6.45) is 7.32. The molecule has 4 aliphatic rings. The van der Waals surface area contributed by atoms with Crippen LogP contribution in [0.5, 0.6) is 0 Å². The molecule has 1 amide bonds. The summed E-state index contributed by atoms with van der Waals surface area (Å²) in [4.78, 5) is 38.1. The summed E-state index contributed by atoms with van der Waals surface area (Å²) in [6, 6.07) is -0.0237. The van der Waals surface area contributed by atoms with Gasteiger partial charge >= 0.3 is 0 Å². The van der Waals surface area contributed by atoms with E-state index in [0.29, 0.717) is 13.2 Å². The number of ether oxygens (including phenoxy) is 1. The molecule has 0 radical (unpaired) electrons. The number of carbonyl (C=O) groups is 1. The number of nitrogen functional groups attached to an aromatic ring is 1. The molecule has 2 atom stereocenters. The van der Waals surface area contributed by atoms with Gasteiger partial charge in [0.25, 0.3) is 0 Å². The maximum atomic E-state index is 12.5. The van der Waals surface area contributed by atoms with Crippen LogP contribution in [0.3, 0.4) is 0 Å². The van der Waals surface area contributed by atoms with Crippen LogP contribution in [0.1, 0.15) is 31.7 Å². The standard InChI is InChI=1S/C24H33N9O2/c1-24(5-8-32(15-24)18-3-2-6-26-21(18)34)33-7-4-17-19(16-13-27-22(25)28-14-16)29-23(30-20(17)33)31-9-11-35-12-10-31/h13-14,18H,2-12,15H2,1H3,(H,26,34)(H2,25,27,28)/t18?,24-/m0/s1. The van der Waals surface area contributed by atoms with Crippen LogP contribution >= 0.6 is 0 Å². The molecule has 3 saturated heterocycles. The number of amides is 1. The van der Waals surface area contributed by atoms with E-state index < -0.39 is 0 Å². The zero-order valence-corrected chi connectivity index (χ0v) is 20.2. The van der Waals surface area contributed by atoms with Crippen molar-refractivity contribution in [2.75, 3.05) is 68.0 Å². The number of piperidine rings is 1. The van der Waals surface area contributed by atoms with Crippen LogP contribution in [0.25, 0.3) is 11.3 Å². The zero-order chi connectivity index (χ0) is 24.0. The summed E-state index contributed by atoms with van der Waals surface area (Å²) in [7, 11) is 0. The quantitative estimate of drug-likeness (QED) is 0.639. The van der Waals surface area contributed by atoms with Gasteiger partial charge in [-0.15, -0.1) is 0 Å². The van der Waals surface area contributed by atoms with Crippen molar-refractivity contribution in [1.82, 2.24) is 30.2 Å². The molecule has 186 valence electrons. The largest absolute Gasteiger partial charge is 0.378 e. The lowest BCUT2D eigenvalue weighted by atomic mass is 9.99. The number of fused-ring (bicyclic) bond motifs is 1. The third-order valence-electron chi connectivity index (χ3n) is 7.88. The van der Waals surface area contributed by atoms with Gasteiger partial charge in [-0.1, -0.05) is 0 Å². The Bertz CT molecular complexity index is 1100. The third kappa shape index (κ3) is 4.06. The second kappa shape index (κ2) is 8.87. The minimum atomic E-state index is -0.103. The first-order valence-electron chi connectivity index (χ1n) is 12.6. The van der Waals surface area contributed by atoms with Gasteiger partial charge < -0.3 is 25.6 Å². The molecule has 2 aromatic heterocycles. The van der Waals surface area contributed by atoms with Crippen LogP contribution in [-0.2, 0) is 16.0 Å². The maximum absolute atomic E-state index is 12.5. The molecule has 0 bridgehead atoms. The van der Waals surface area contributed by atoms with Crippen molar-refractivity contribution < 1.29 is 9.53 Å². The van der Waals surface area contributed by atoms with Crippen LogP contribution in [0.15, 0.2) is 12.4 Å². The van der Waals surface area contributed by atoms with Gasteiger partial charge in [-0.3, -0.25) is 9.69 Å². The van der Waals surface area contributed by atoms with E-state index in [0.717, 1.165) is 93.5 Å². The average molecular weight is 480 g/mol. The third-order valence-corrected chi connectivity index (χ3v) is 7.88. The molecule has 2 aromatic rings. The van der Waals surface area contributed by atoms with Crippen LogP contribution in [-0.4, -0.2) is 94.8 Å². The summed E-state index contributed by atoms with van der Waals surface area (Å²) < 4.78 is 5.56. The van der Waals surface area contributed by atoms with Crippen LogP contribution in [0, 0.1) is 0 Å². The molecule has 6 heterocycles. The fourth-order valence-electron chi connectivity index (χ4n) is 5.94. The Hall–Kier alpha value is -3.05. The highest BCUT2D eigenvalue weighted by Crippen LogP contribution is 2.42. The Morgan fingerprint density at radius 1 is 1.14 bits per heavy atom. The molecule has 11 heteroatoms. The van der Waals surface area contributed by atoms with E-state index in [1.165, 1.54) is 0 Å². The molecular weight excluding hydrogens is 446 g/mol. The number of hydrogen-bond acceptors (Lipinski definition) is 10. The summed E-state index contributed by atoms with van der Waals surface area (Å²) in [5.74, 6) is 2.13. The maximum Gasteiger partial charge on any atom is 0.237 e. The van der Waals surface area contributed by atoms with Gasteiger partial charge in [-0.2, -0.15) is 4.98 Å². The molecule has 4 aliphatic heterocycles. The van der Waals surface area contributed by atoms with Gasteiger partial charge in [0.2, 0.25) is 17.8 Å². The second-order valence-corrected chi connectivity index (χ2v) is 10.2. The van der Waals surface area contributed by atoms with Gasteiger partial charge in [0.05, 0.1) is 30.5 Å². The molecule has 3 fully saturated rings. The molecule has 1 unspecified atom stereocenters. The first-order chi connectivity index (χ1) is 17.0. The summed E-state index contributed by atoms with van der Waals surface area (Å²) in [5, 5.41) is 3.04. The number of likely N-dealkylation sites (tertiary alicyclic amines) is 1. The monoisotopic (exact) mass is 479 g/mol. The number of nitrogens with zero attached hydrogens (tertiary/aromatic N) is 7. The number of rotatable bonds is 4. The van der Waals surface area contributed by atoms with Gasteiger partial charge in [0.15, 0.2) is 0 Å². The minimum absolute atomic E-state index is 0.0237. The highest BCUT2D eigenvalue weighted by atomic mass is 16.5. The van der Waals surface area contributed by atoms with Crippen molar-refractivity contribution >= 4 is 23.6 Å². The fraction of sp³-hybridized carbons (Fsp3) is 0.625. The van der Waals surface area contributed by atoms with E-state index in [1.807, 2.05) is 0 Å². The van der Waals surface area contributed by atoms with Crippen molar-refractivity contribution in [2.24, 2.45) is 0 Å². The van der Waals surface area contributed by atoms with E-state index in [1.54, 1.807) is 12.4 Å². The SMILES string of the molecule is C[C@]1(N2CCc3c(-c4cnc(N)nc4)nc(N4CCOCC4)nc32)CCN(C2CCCNC2=O)C1. The van der Waals surface area contributed by atoms with Crippen LogP contribution in [0.4, 0.5) is 17.7 Å². The Morgan fingerprint density at radius 2 is 1.94 bits per heavy atom. The van der Waals surface area contributed by atoms with Gasteiger partial charge in [-0.05, 0) is 32.6 Å². The van der Waals surface area contributed by atoms with Crippen molar-refractivity contribution in [2.45, 2.75) is 44.2 Å². The molecule has 0 saturated carbocycles. The Balaban J connectivity index is 1.35. The smallest absolute Gasteiger partial charge is 0.237 e. The topological polar surface area (TPSA) is 126 Å². The zero-order valence-electron chi connectivity index (χ0n) is 20.2. The number of nitrogens with two attached hydrogens (primary N) is 1. The van der Waals surface area contributed by atoms with E-state index in [4.69, 9.17) is 20.4 Å². The summed E-state index contributed by atoms with van der Waals surface area (Å²) in [6.45, 7) is 8.60. The highest BCUT2D eigenvalue weighted by molar-refractivity contribution is 5.82. The fourth-order valence-corrected chi connectivity index (χ4v) is 5.94. The van der Waals surface area contributed by atoms with Crippen LogP contribution < -0.4 is 20.9 Å². The lowest BCUT2D eigenvalue weighted by Gasteiger charge is -2.38. The Morgan fingerprint density at radius 3 is 2.71 bits per heavy atom. The van der Waals surface area contributed by atoms with Crippen molar-refractivity contribution in [1.29, 1.82) is 0 Å². The van der Waals surface area contributed by atoms with Crippen molar-refractivity contribution in [3.05, 3.63) is 18.0 Å². The van der Waals surface area contributed by atoms with E-state index >= 15 is 0 Å². The first kappa shape index (κ1) is 22.4. The number of anilines is 3. The number of carbonyl (C=O) groups excluding carboxylic acids is 1. The van der Waals surface area contributed by atoms with Gasteiger partial charge in [0, 0.05) is 62.8 Å². The van der Waals surface area contributed by atoms with E-state index in [-0.39, 0.29) is 23.4 Å². The summed E-state index contributed by atoms with van der Waals surface area (Å²) >= 11 is 0. The predicted molar refractivity (Wildman–Crippen MR) is 132 cm³/mol. The lowest BCUT2D eigenvalue weighted by molar-refractivity contribution is -0.127. The molecular formula is C24H33N9O2.